The molecule has 0 aliphatic rings. The molecule has 0 saturated carbocycles. The van der Waals surface area contributed by atoms with Gasteiger partial charge < -0.3 is 4.42 Å². The molecule has 0 N–H and O–H groups in total. The van der Waals surface area contributed by atoms with Gasteiger partial charge in [0.2, 0.25) is 0 Å². The van der Waals surface area contributed by atoms with Crippen molar-refractivity contribution in [1.29, 1.82) is 0 Å². The minimum Gasteiger partial charge on any atom is -0.464 e. The highest BCUT2D eigenvalue weighted by molar-refractivity contribution is 9.10. The molecule has 0 amide bonds. The van der Waals surface area contributed by atoms with Gasteiger partial charge in [-0.3, -0.25) is 0 Å². The van der Waals surface area contributed by atoms with E-state index >= 15 is 0 Å². The van der Waals surface area contributed by atoms with Crippen molar-refractivity contribution in [1.82, 2.24) is 0 Å². The lowest BCUT2D eigenvalue weighted by atomic mass is 10.2. The van der Waals surface area contributed by atoms with E-state index in [1.54, 1.807) is 12.1 Å². The zero-order valence-corrected chi connectivity index (χ0v) is 9.27. The van der Waals surface area contributed by atoms with Crippen LogP contribution in [0.3, 0.4) is 0 Å². The fourth-order valence-corrected chi connectivity index (χ4v) is 1.80. The fourth-order valence-electron chi connectivity index (χ4n) is 1.17. The molecule has 2 aromatic rings. The Morgan fingerprint density at radius 1 is 1.36 bits per heavy atom. The molecule has 0 radical (unpaired) electrons. The Balaban J connectivity index is 2.64. The van der Waals surface area contributed by atoms with Crippen LogP contribution in [0.2, 0.25) is 5.02 Å². The summed E-state index contributed by atoms with van der Waals surface area (Å²) in [7, 11) is 0. The zero-order valence-electron chi connectivity index (χ0n) is 6.93. The van der Waals surface area contributed by atoms with Crippen LogP contribution in [-0.4, -0.2) is 0 Å². The van der Waals surface area contributed by atoms with Crippen LogP contribution < -0.4 is 0 Å². The summed E-state index contributed by atoms with van der Waals surface area (Å²) in [6.07, 6.45) is 1.52. The normalized spacial score (nSPS) is 10.5. The van der Waals surface area contributed by atoms with E-state index in [2.05, 4.69) is 15.9 Å². The van der Waals surface area contributed by atoms with Gasteiger partial charge in [-0.1, -0.05) is 11.6 Å². The minimum atomic E-state index is -0.354. The van der Waals surface area contributed by atoms with E-state index in [4.69, 9.17) is 16.0 Å². The van der Waals surface area contributed by atoms with Crippen molar-refractivity contribution in [2.75, 3.05) is 0 Å². The minimum absolute atomic E-state index is 0.354. The third-order valence-corrected chi connectivity index (χ3v) is 3.04. The molecule has 0 spiro atoms. The van der Waals surface area contributed by atoms with Gasteiger partial charge in [-0.15, -0.1) is 0 Å². The van der Waals surface area contributed by atoms with Crippen LogP contribution >= 0.6 is 27.5 Å². The van der Waals surface area contributed by atoms with Gasteiger partial charge in [0.05, 0.1) is 11.3 Å². The lowest BCUT2D eigenvalue weighted by Crippen LogP contribution is -1.82. The molecule has 0 bridgehead atoms. The zero-order chi connectivity index (χ0) is 10.1. The van der Waals surface area contributed by atoms with Crippen molar-refractivity contribution in [3.63, 3.8) is 0 Å². The molecule has 4 heteroatoms. The summed E-state index contributed by atoms with van der Waals surface area (Å²) >= 11 is 9.15. The van der Waals surface area contributed by atoms with Gasteiger partial charge in [-0.25, -0.2) is 4.39 Å². The van der Waals surface area contributed by atoms with Crippen molar-refractivity contribution >= 4 is 27.5 Å². The van der Waals surface area contributed by atoms with E-state index in [0.717, 1.165) is 0 Å². The van der Waals surface area contributed by atoms with E-state index in [1.807, 2.05) is 0 Å². The molecule has 0 saturated heterocycles. The van der Waals surface area contributed by atoms with Gasteiger partial charge >= 0.3 is 0 Å². The summed E-state index contributed by atoms with van der Waals surface area (Å²) in [4.78, 5) is 0. The van der Waals surface area contributed by atoms with Crippen molar-refractivity contribution in [3.05, 3.63) is 45.8 Å². The SMILES string of the molecule is Fc1cc(Br)c(Cl)c(-c2ccco2)c1. The summed E-state index contributed by atoms with van der Waals surface area (Å²) in [6, 6.07) is 6.11. The Hall–Kier alpha value is -0.800. The number of halogens is 3. The Kier molecular flexibility index (Phi) is 2.61. The number of hydrogen-bond acceptors (Lipinski definition) is 1. The number of rotatable bonds is 1. The first-order valence-electron chi connectivity index (χ1n) is 3.87. The molecule has 2 rings (SSSR count). The molecular formula is C10H5BrClFO. The molecule has 0 fully saturated rings. The summed E-state index contributed by atoms with van der Waals surface area (Å²) in [5.74, 6) is 0.197. The van der Waals surface area contributed by atoms with Gasteiger partial charge in [-0.2, -0.15) is 0 Å². The maximum Gasteiger partial charge on any atom is 0.135 e. The average Bonchev–Trinajstić information content (AvgIpc) is 2.63. The second-order valence-corrected chi connectivity index (χ2v) is 3.96. The first-order valence-corrected chi connectivity index (χ1v) is 5.04. The van der Waals surface area contributed by atoms with Crippen molar-refractivity contribution in [3.8, 4) is 11.3 Å². The quantitative estimate of drug-likeness (QED) is 0.698. The monoisotopic (exact) mass is 274 g/mol. The summed E-state index contributed by atoms with van der Waals surface area (Å²) in [5.41, 5.74) is 0.545. The Morgan fingerprint density at radius 2 is 2.14 bits per heavy atom. The highest BCUT2D eigenvalue weighted by Crippen LogP contribution is 2.34. The summed E-state index contributed by atoms with van der Waals surface area (Å²) in [6.45, 7) is 0. The molecule has 1 nitrogen and oxygen atoms in total. The lowest BCUT2D eigenvalue weighted by Gasteiger charge is -2.03. The molecular weight excluding hydrogens is 270 g/mol. The smallest absolute Gasteiger partial charge is 0.135 e. The maximum absolute atomic E-state index is 13.1. The van der Waals surface area contributed by atoms with Crippen molar-refractivity contribution in [2.45, 2.75) is 0 Å². The van der Waals surface area contributed by atoms with Crippen LogP contribution in [0.15, 0.2) is 39.4 Å². The Labute approximate surface area is 93.6 Å². The standard InChI is InChI=1S/C10H5BrClFO/c11-8-5-6(13)4-7(10(8)12)9-2-1-3-14-9/h1-5H. The lowest BCUT2D eigenvalue weighted by molar-refractivity contribution is 0.580. The van der Waals surface area contributed by atoms with Crippen LogP contribution in [-0.2, 0) is 0 Å². The molecule has 0 unspecified atom stereocenters. The summed E-state index contributed by atoms with van der Waals surface area (Å²) in [5, 5.41) is 0.446. The molecule has 0 atom stereocenters. The molecule has 14 heavy (non-hydrogen) atoms. The van der Waals surface area contributed by atoms with Crippen LogP contribution in [0.25, 0.3) is 11.3 Å². The highest BCUT2D eigenvalue weighted by atomic mass is 79.9. The predicted molar refractivity (Wildman–Crippen MR) is 56.8 cm³/mol. The van der Waals surface area contributed by atoms with Crippen LogP contribution in [0, 0.1) is 5.82 Å². The van der Waals surface area contributed by atoms with Crippen LogP contribution in [0.1, 0.15) is 0 Å². The Morgan fingerprint density at radius 3 is 2.79 bits per heavy atom. The first kappa shape index (κ1) is 9.74. The fraction of sp³-hybridized carbons (Fsp3) is 0. The molecule has 0 aliphatic heterocycles. The van der Waals surface area contributed by atoms with Gasteiger partial charge in [0, 0.05) is 10.0 Å². The molecule has 1 aromatic carbocycles. The van der Waals surface area contributed by atoms with Crippen LogP contribution in [0.5, 0.6) is 0 Å². The van der Waals surface area contributed by atoms with Crippen molar-refractivity contribution < 1.29 is 8.81 Å². The third-order valence-electron chi connectivity index (χ3n) is 1.78. The van der Waals surface area contributed by atoms with E-state index in [-0.39, 0.29) is 5.82 Å². The molecule has 1 aromatic heterocycles. The predicted octanol–water partition coefficient (Wildman–Crippen LogP) is 4.50. The largest absolute Gasteiger partial charge is 0.464 e. The molecule has 1 heterocycles. The van der Waals surface area contributed by atoms with Gasteiger partial charge in [0.25, 0.3) is 0 Å². The number of hydrogen-bond donors (Lipinski definition) is 0. The van der Waals surface area contributed by atoms with Gasteiger partial charge in [-0.05, 0) is 40.2 Å². The maximum atomic E-state index is 13.1. The van der Waals surface area contributed by atoms with E-state index in [1.165, 1.54) is 18.4 Å². The first-order chi connectivity index (χ1) is 6.68. The van der Waals surface area contributed by atoms with E-state index in [0.29, 0.717) is 20.8 Å². The van der Waals surface area contributed by atoms with Gasteiger partial charge in [0.1, 0.15) is 11.6 Å². The summed E-state index contributed by atoms with van der Waals surface area (Å²) < 4.78 is 18.7. The average molecular weight is 276 g/mol. The second kappa shape index (κ2) is 3.75. The molecule has 72 valence electrons. The third kappa shape index (κ3) is 1.70. The molecule has 0 aliphatic carbocycles. The number of furan rings is 1. The van der Waals surface area contributed by atoms with Crippen molar-refractivity contribution in [2.24, 2.45) is 0 Å². The van der Waals surface area contributed by atoms with Gasteiger partial charge in [0.15, 0.2) is 0 Å². The topological polar surface area (TPSA) is 13.1 Å². The Bertz CT molecular complexity index is 453. The van der Waals surface area contributed by atoms with E-state index < -0.39 is 0 Å². The second-order valence-electron chi connectivity index (χ2n) is 2.73. The van der Waals surface area contributed by atoms with E-state index in [9.17, 15) is 4.39 Å². The highest BCUT2D eigenvalue weighted by Gasteiger charge is 2.11. The number of benzene rings is 1. The van der Waals surface area contributed by atoms with Crippen LogP contribution in [0.4, 0.5) is 4.39 Å².